The summed E-state index contributed by atoms with van der Waals surface area (Å²) < 4.78 is 0. The molecule has 5 nitrogen and oxygen atoms in total. The van der Waals surface area contributed by atoms with Crippen molar-refractivity contribution in [1.82, 2.24) is 9.97 Å². The van der Waals surface area contributed by atoms with E-state index in [-0.39, 0.29) is 11.1 Å². The summed E-state index contributed by atoms with van der Waals surface area (Å²) in [7, 11) is 0. The molecule has 2 heterocycles. The minimum Gasteiger partial charge on any atom is -0.321 e. The lowest BCUT2D eigenvalue weighted by Gasteiger charge is -2.15. The van der Waals surface area contributed by atoms with Crippen LogP contribution in [0.1, 0.15) is 34.3 Å². The third-order valence-corrected chi connectivity index (χ3v) is 5.44. The molecule has 2 aromatic heterocycles. The van der Waals surface area contributed by atoms with Crippen molar-refractivity contribution in [3.05, 3.63) is 56.8 Å². The predicted molar refractivity (Wildman–Crippen MR) is 95.8 cm³/mol. The van der Waals surface area contributed by atoms with Gasteiger partial charge in [-0.05, 0) is 42.7 Å². The number of rotatable bonds is 2. The van der Waals surface area contributed by atoms with E-state index in [9.17, 15) is 9.59 Å². The number of hydrogen-bond donors (Lipinski definition) is 2. The number of aromatic amines is 1. The summed E-state index contributed by atoms with van der Waals surface area (Å²) in [5, 5.41) is 4.19. The molecule has 122 valence electrons. The average molecular weight is 339 g/mol. The second kappa shape index (κ2) is 5.87. The van der Waals surface area contributed by atoms with Crippen molar-refractivity contribution >= 4 is 33.3 Å². The summed E-state index contributed by atoms with van der Waals surface area (Å²) in [6.07, 6.45) is 3.10. The normalized spacial score (nSPS) is 16.8. The van der Waals surface area contributed by atoms with Crippen LogP contribution in [0.25, 0.3) is 10.9 Å². The number of hydrogen-bond acceptors (Lipinski definition) is 4. The highest BCUT2D eigenvalue weighted by atomic mass is 32.1. The number of amides is 1. The van der Waals surface area contributed by atoms with Crippen LogP contribution in [0, 0.1) is 5.92 Å². The largest absolute Gasteiger partial charge is 0.321 e. The lowest BCUT2D eigenvalue weighted by Crippen LogP contribution is -2.23. The molecular weight excluding hydrogens is 322 g/mol. The van der Waals surface area contributed by atoms with Gasteiger partial charge in [0.15, 0.2) is 5.13 Å². The standard InChI is InChI=1S/C18H17N3O2S/c1-10-6-7-14-15(8-10)24-18(20-14)21-17(23)12-9-11-4-2-3-5-13(11)19-16(12)22/h2-5,9-10H,6-8H2,1H3,(H,19,22)(H,20,21,23). The van der Waals surface area contributed by atoms with Gasteiger partial charge >= 0.3 is 0 Å². The number of thiazole rings is 1. The molecule has 24 heavy (non-hydrogen) atoms. The molecular formula is C18H17N3O2S. The number of benzene rings is 1. The van der Waals surface area contributed by atoms with Crippen LogP contribution in [0.2, 0.25) is 0 Å². The van der Waals surface area contributed by atoms with E-state index in [1.807, 2.05) is 24.3 Å². The van der Waals surface area contributed by atoms with Gasteiger partial charge in [0.25, 0.3) is 11.5 Å². The van der Waals surface area contributed by atoms with Gasteiger partial charge in [-0.25, -0.2) is 4.98 Å². The zero-order valence-corrected chi connectivity index (χ0v) is 14.1. The van der Waals surface area contributed by atoms with Gasteiger partial charge in [0, 0.05) is 10.4 Å². The molecule has 1 amide bonds. The second-order valence-electron chi connectivity index (χ2n) is 6.29. The van der Waals surface area contributed by atoms with E-state index in [0.717, 1.165) is 35.9 Å². The summed E-state index contributed by atoms with van der Waals surface area (Å²) >= 11 is 1.52. The van der Waals surface area contributed by atoms with E-state index >= 15 is 0 Å². The second-order valence-corrected chi connectivity index (χ2v) is 7.37. The highest BCUT2D eigenvalue weighted by Gasteiger charge is 2.21. The van der Waals surface area contributed by atoms with Crippen LogP contribution >= 0.6 is 11.3 Å². The zero-order valence-electron chi connectivity index (χ0n) is 13.3. The zero-order chi connectivity index (χ0) is 16.7. The van der Waals surface area contributed by atoms with Crippen LogP contribution in [0.15, 0.2) is 35.1 Å². The van der Waals surface area contributed by atoms with E-state index < -0.39 is 5.91 Å². The topological polar surface area (TPSA) is 74.8 Å². The minimum absolute atomic E-state index is 0.107. The number of aromatic nitrogens is 2. The van der Waals surface area contributed by atoms with E-state index in [1.54, 1.807) is 6.07 Å². The lowest BCUT2D eigenvalue weighted by molar-refractivity contribution is 0.102. The van der Waals surface area contributed by atoms with Gasteiger partial charge < -0.3 is 4.98 Å². The van der Waals surface area contributed by atoms with Crippen molar-refractivity contribution < 1.29 is 4.79 Å². The highest BCUT2D eigenvalue weighted by Crippen LogP contribution is 2.32. The van der Waals surface area contributed by atoms with E-state index in [0.29, 0.717) is 11.0 Å². The number of fused-ring (bicyclic) bond motifs is 2. The fourth-order valence-corrected chi connectivity index (χ4v) is 4.24. The molecule has 1 aromatic carbocycles. The van der Waals surface area contributed by atoms with Gasteiger partial charge in [0.1, 0.15) is 5.56 Å². The molecule has 0 aliphatic heterocycles. The van der Waals surface area contributed by atoms with Gasteiger partial charge in [-0.15, -0.1) is 11.3 Å². The Hall–Kier alpha value is -2.47. The van der Waals surface area contributed by atoms with Crippen LogP contribution in [-0.4, -0.2) is 15.9 Å². The Balaban J connectivity index is 1.63. The maximum absolute atomic E-state index is 12.5. The minimum atomic E-state index is -0.416. The fraction of sp³-hybridized carbons (Fsp3) is 0.278. The van der Waals surface area contributed by atoms with Crippen LogP contribution in [0.4, 0.5) is 5.13 Å². The van der Waals surface area contributed by atoms with Crippen molar-refractivity contribution in [3.63, 3.8) is 0 Å². The van der Waals surface area contributed by atoms with Gasteiger partial charge in [0.05, 0.1) is 5.69 Å². The number of anilines is 1. The Morgan fingerprint density at radius 3 is 3.08 bits per heavy atom. The summed E-state index contributed by atoms with van der Waals surface area (Å²) in [5.41, 5.74) is 1.52. The van der Waals surface area contributed by atoms with Crippen molar-refractivity contribution in [2.24, 2.45) is 5.92 Å². The third kappa shape index (κ3) is 2.73. The molecule has 1 atom stereocenters. The third-order valence-electron chi connectivity index (χ3n) is 4.40. The van der Waals surface area contributed by atoms with Crippen molar-refractivity contribution in [2.45, 2.75) is 26.2 Å². The Kier molecular flexibility index (Phi) is 3.69. The van der Waals surface area contributed by atoms with Gasteiger partial charge in [-0.3, -0.25) is 14.9 Å². The summed E-state index contributed by atoms with van der Waals surface area (Å²) in [5.74, 6) is 0.242. The van der Waals surface area contributed by atoms with Gasteiger partial charge in [0.2, 0.25) is 0 Å². The van der Waals surface area contributed by atoms with Crippen molar-refractivity contribution in [1.29, 1.82) is 0 Å². The van der Waals surface area contributed by atoms with E-state index in [2.05, 4.69) is 22.2 Å². The Morgan fingerprint density at radius 1 is 1.38 bits per heavy atom. The molecule has 3 aromatic rings. The number of aryl methyl sites for hydroxylation is 1. The summed E-state index contributed by atoms with van der Waals surface area (Å²) in [6, 6.07) is 9.02. The Bertz CT molecular complexity index is 989. The van der Waals surface area contributed by atoms with Crippen LogP contribution in [-0.2, 0) is 12.8 Å². The molecule has 0 radical (unpaired) electrons. The number of pyridine rings is 1. The molecule has 2 N–H and O–H groups in total. The smallest absolute Gasteiger partial charge is 0.263 e. The first kappa shape index (κ1) is 15.1. The quantitative estimate of drug-likeness (QED) is 0.752. The average Bonchev–Trinajstić information content (AvgIpc) is 2.95. The Labute approximate surface area is 142 Å². The van der Waals surface area contributed by atoms with Crippen molar-refractivity contribution in [3.8, 4) is 0 Å². The van der Waals surface area contributed by atoms with Crippen LogP contribution < -0.4 is 10.9 Å². The molecule has 1 unspecified atom stereocenters. The number of para-hydroxylation sites is 1. The molecule has 4 rings (SSSR count). The first-order valence-corrected chi connectivity index (χ1v) is 8.84. The monoisotopic (exact) mass is 339 g/mol. The maximum atomic E-state index is 12.5. The SMILES string of the molecule is CC1CCc2nc(NC(=O)c3cc4ccccc4[nH]c3=O)sc2C1. The number of carbonyl (C=O) groups is 1. The van der Waals surface area contributed by atoms with Crippen LogP contribution in [0.5, 0.6) is 0 Å². The molecule has 0 fully saturated rings. The van der Waals surface area contributed by atoms with Crippen LogP contribution in [0.3, 0.4) is 0 Å². The van der Waals surface area contributed by atoms with Crippen molar-refractivity contribution in [2.75, 3.05) is 5.32 Å². The molecule has 1 aliphatic carbocycles. The van der Waals surface area contributed by atoms with Gasteiger partial charge in [-0.2, -0.15) is 0 Å². The van der Waals surface area contributed by atoms with E-state index in [1.165, 1.54) is 16.2 Å². The summed E-state index contributed by atoms with van der Waals surface area (Å²) in [6.45, 7) is 2.23. The molecule has 0 bridgehead atoms. The molecule has 0 spiro atoms. The first-order valence-electron chi connectivity index (χ1n) is 8.02. The lowest BCUT2D eigenvalue weighted by atomic mass is 9.93. The molecule has 0 saturated heterocycles. The first-order chi connectivity index (χ1) is 11.6. The number of nitrogens with one attached hydrogen (secondary N) is 2. The number of nitrogens with zero attached hydrogens (tertiary/aromatic N) is 1. The van der Waals surface area contributed by atoms with E-state index in [4.69, 9.17) is 0 Å². The summed E-state index contributed by atoms with van der Waals surface area (Å²) in [4.78, 5) is 33.2. The fourth-order valence-electron chi connectivity index (χ4n) is 3.07. The highest BCUT2D eigenvalue weighted by molar-refractivity contribution is 7.15. The maximum Gasteiger partial charge on any atom is 0.263 e. The number of H-pyrrole nitrogens is 1. The molecule has 6 heteroatoms. The molecule has 0 saturated carbocycles. The number of carbonyl (C=O) groups excluding carboxylic acids is 1. The van der Waals surface area contributed by atoms with Gasteiger partial charge in [-0.1, -0.05) is 25.1 Å². The molecule has 1 aliphatic rings. The predicted octanol–water partition coefficient (Wildman–Crippen LogP) is 3.36. The Morgan fingerprint density at radius 2 is 2.21 bits per heavy atom.